The zero-order chi connectivity index (χ0) is 21.0. The fourth-order valence-corrected chi connectivity index (χ4v) is 2.92. The third kappa shape index (κ3) is 4.65. The summed E-state index contributed by atoms with van der Waals surface area (Å²) < 4.78 is 8.44. The fourth-order valence-electron chi connectivity index (χ4n) is 2.92. The monoisotopic (exact) mass is 397 g/mol. The third-order valence-electron chi connectivity index (χ3n) is 4.65. The normalized spacial score (nSPS) is 13.0. The van der Waals surface area contributed by atoms with Crippen LogP contribution in [-0.4, -0.2) is 48.0 Å². The van der Waals surface area contributed by atoms with Gasteiger partial charge in [0, 0.05) is 13.5 Å². The standard InChI is InChI=1S/C19H23N7O3/c1-12-17(13(2)25(4)22-12)21-18(27)14(3)29-19(28)16(26-11-20-23-24-26)10-15-8-6-5-7-9-15/h5-9,11,14,16H,10H2,1-4H3,(H,21,27)/t14-,16+/m1/s1. The van der Waals surface area contributed by atoms with E-state index in [4.69, 9.17) is 4.74 Å². The predicted molar refractivity (Wildman–Crippen MR) is 104 cm³/mol. The molecule has 10 heteroatoms. The first-order valence-corrected chi connectivity index (χ1v) is 9.14. The third-order valence-corrected chi connectivity index (χ3v) is 4.65. The Hall–Kier alpha value is -3.56. The molecule has 0 aliphatic rings. The van der Waals surface area contributed by atoms with Crippen molar-refractivity contribution in [3.05, 3.63) is 53.6 Å². The van der Waals surface area contributed by atoms with Crippen molar-refractivity contribution in [1.29, 1.82) is 0 Å². The average molecular weight is 397 g/mol. The molecule has 1 amide bonds. The van der Waals surface area contributed by atoms with E-state index in [-0.39, 0.29) is 0 Å². The van der Waals surface area contributed by atoms with Crippen molar-refractivity contribution < 1.29 is 14.3 Å². The molecule has 2 aromatic heterocycles. The summed E-state index contributed by atoms with van der Waals surface area (Å²) in [6.07, 6.45) is 0.679. The Balaban J connectivity index is 1.70. The number of hydrogen-bond donors (Lipinski definition) is 1. The second-order valence-electron chi connectivity index (χ2n) is 6.73. The van der Waals surface area contributed by atoms with E-state index < -0.39 is 24.0 Å². The van der Waals surface area contributed by atoms with E-state index in [1.807, 2.05) is 37.3 Å². The van der Waals surface area contributed by atoms with E-state index >= 15 is 0 Å². The molecule has 1 aromatic carbocycles. The number of hydrogen-bond acceptors (Lipinski definition) is 7. The van der Waals surface area contributed by atoms with Crippen molar-refractivity contribution >= 4 is 17.6 Å². The van der Waals surface area contributed by atoms with Crippen LogP contribution in [0.1, 0.15) is 29.9 Å². The first-order chi connectivity index (χ1) is 13.9. The van der Waals surface area contributed by atoms with Gasteiger partial charge in [-0.15, -0.1) is 5.10 Å². The number of nitrogens with zero attached hydrogens (tertiary/aromatic N) is 6. The van der Waals surface area contributed by atoms with Crippen LogP contribution in [0.15, 0.2) is 36.7 Å². The first-order valence-electron chi connectivity index (χ1n) is 9.14. The molecule has 0 aliphatic carbocycles. The highest BCUT2D eigenvalue weighted by Crippen LogP contribution is 2.20. The van der Waals surface area contributed by atoms with Crippen LogP contribution >= 0.6 is 0 Å². The van der Waals surface area contributed by atoms with Crippen LogP contribution in [0.3, 0.4) is 0 Å². The van der Waals surface area contributed by atoms with Crippen molar-refractivity contribution in [3.63, 3.8) is 0 Å². The minimum Gasteiger partial charge on any atom is -0.451 e. The molecular formula is C19H23N7O3. The van der Waals surface area contributed by atoms with E-state index in [2.05, 4.69) is 25.9 Å². The molecule has 2 heterocycles. The zero-order valence-corrected chi connectivity index (χ0v) is 16.7. The van der Waals surface area contributed by atoms with Crippen LogP contribution in [0.4, 0.5) is 5.69 Å². The quantitative estimate of drug-likeness (QED) is 0.599. The molecule has 0 bridgehead atoms. The van der Waals surface area contributed by atoms with Gasteiger partial charge in [0.15, 0.2) is 12.1 Å². The van der Waals surface area contributed by atoms with Crippen molar-refractivity contribution in [2.24, 2.45) is 7.05 Å². The van der Waals surface area contributed by atoms with Crippen LogP contribution in [0.2, 0.25) is 0 Å². The Morgan fingerprint density at radius 3 is 2.52 bits per heavy atom. The summed E-state index contributed by atoms with van der Waals surface area (Å²) in [4.78, 5) is 25.4. The Morgan fingerprint density at radius 2 is 1.93 bits per heavy atom. The number of aromatic nitrogens is 6. The van der Waals surface area contributed by atoms with Gasteiger partial charge >= 0.3 is 5.97 Å². The topological polar surface area (TPSA) is 117 Å². The van der Waals surface area contributed by atoms with Crippen molar-refractivity contribution in [1.82, 2.24) is 30.0 Å². The summed E-state index contributed by atoms with van der Waals surface area (Å²) >= 11 is 0. The summed E-state index contributed by atoms with van der Waals surface area (Å²) in [6, 6.07) is 8.66. The Morgan fingerprint density at radius 1 is 1.21 bits per heavy atom. The van der Waals surface area contributed by atoms with E-state index in [9.17, 15) is 9.59 Å². The van der Waals surface area contributed by atoms with Crippen LogP contribution < -0.4 is 5.32 Å². The highest BCUT2D eigenvalue weighted by molar-refractivity contribution is 5.96. The molecule has 10 nitrogen and oxygen atoms in total. The van der Waals surface area contributed by atoms with Crippen LogP contribution in [0, 0.1) is 13.8 Å². The summed E-state index contributed by atoms with van der Waals surface area (Å²) in [7, 11) is 1.79. The van der Waals surface area contributed by atoms with Crippen molar-refractivity contribution in [2.75, 3.05) is 5.32 Å². The summed E-state index contributed by atoms with van der Waals surface area (Å²) in [5.74, 6) is -1.03. The van der Waals surface area contributed by atoms with E-state index in [1.54, 1.807) is 18.7 Å². The number of amides is 1. The minimum atomic E-state index is -1.00. The molecule has 0 unspecified atom stereocenters. The van der Waals surface area contributed by atoms with E-state index in [0.717, 1.165) is 11.3 Å². The molecule has 1 N–H and O–H groups in total. The van der Waals surface area contributed by atoms with Crippen molar-refractivity contribution in [2.45, 2.75) is 39.3 Å². The Kier molecular flexibility index (Phi) is 6.01. The molecule has 152 valence electrons. The molecule has 0 spiro atoms. The second kappa shape index (κ2) is 8.63. The van der Waals surface area contributed by atoms with Gasteiger partial charge in [0.2, 0.25) is 0 Å². The lowest BCUT2D eigenvalue weighted by Crippen LogP contribution is -2.34. The van der Waals surface area contributed by atoms with Crippen LogP contribution in [-0.2, 0) is 27.8 Å². The smallest absolute Gasteiger partial charge is 0.332 e. The van der Waals surface area contributed by atoms with Gasteiger partial charge in [-0.3, -0.25) is 9.48 Å². The van der Waals surface area contributed by atoms with Gasteiger partial charge < -0.3 is 10.1 Å². The number of aryl methyl sites for hydroxylation is 2. The molecule has 3 aromatic rings. The maximum Gasteiger partial charge on any atom is 0.332 e. The number of esters is 1. The summed E-state index contributed by atoms with van der Waals surface area (Å²) in [6.45, 7) is 5.17. The molecule has 0 radical (unpaired) electrons. The Bertz CT molecular complexity index is 983. The molecule has 0 saturated heterocycles. The van der Waals surface area contributed by atoms with Crippen LogP contribution in [0.5, 0.6) is 0 Å². The average Bonchev–Trinajstić information content (AvgIpc) is 3.31. The number of rotatable bonds is 7. The largest absolute Gasteiger partial charge is 0.451 e. The maximum atomic E-state index is 12.8. The number of ether oxygens (including phenoxy) is 1. The fraction of sp³-hybridized carbons (Fsp3) is 0.368. The van der Waals surface area contributed by atoms with Gasteiger partial charge in [-0.1, -0.05) is 30.3 Å². The number of benzene rings is 1. The van der Waals surface area contributed by atoms with Gasteiger partial charge in [-0.05, 0) is 36.8 Å². The number of carbonyl (C=O) groups is 2. The van der Waals surface area contributed by atoms with Gasteiger partial charge in [0.05, 0.1) is 17.1 Å². The van der Waals surface area contributed by atoms with Crippen LogP contribution in [0.25, 0.3) is 0 Å². The van der Waals surface area contributed by atoms with Crippen molar-refractivity contribution in [3.8, 4) is 0 Å². The first kappa shape index (κ1) is 20.2. The lowest BCUT2D eigenvalue weighted by atomic mass is 10.1. The number of anilines is 1. The second-order valence-corrected chi connectivity index (χ2v) is 6.73. The van der Waals surface area contributed by atoms with E-state index in [1.165, 1.54) is 17.9 Å². The van der Waals surface area contributed by atoms with Gasteiger partial charge in [-0.25, -0.2) is 9.48 Å². The lowest BCUT2D eigenvalue weighted by Gasteiger charge is -2.19. The highest BCUT2D eigenvalue weighted by Gasteiger charge is 2.28. The SMILES string of the molecule is Cc1nn(C)c(C)c1NC(=O)[C@@H](C)OC(=O)[C@H](Cc1ccccc1)n1cnnn1. The van der Waals surface area contributed by atoms with E-state index in [0.29, 0.717) is 17.8 Å². The molecular weight excluding hydrogens is 374 g/mol. The predicted octanol–water partition coefficient (Wildman–Crippen LogP) is 1.38. The molecule has 29 heavy (non-hydrogen) atoms. The Labute approximate surface area is 167 Å². The van der Waals surface area contributed by atoms with Gasteiger partial charge in [-0.2, -0.15) is 5.10 Å². The minimum absolute atomic E-state index is 0.333. The molecule has 0 fully saturated rings. The lowest BCUT2D eigenvalue weighted by molar-refractivity contribution is -0.156. The number of nitrogens with one attached hydrogen (secondary N) is 1. The molecule has 2 atom stereocenters. The summed E-state index contributed by atoms with van der Waals surface area (Å²) in [5, 5.41) is 18.1. The van der Waals surface area contributed by atoms with Gasteiger partial charge in [0.25, 0.3) is 5.91 Å². The number of tetrazole rings is 1. The maximum absolute atomic E-state index is 12.8. The summed E-state index contributed by atoms with van der Waals surface area (Å²) in [5.41, 5.74) is 3.03. The van der Waals surface area contributed by atoms with Gasteiger partial charge in [0.1, 0.15) is 6.33 Å². The zero-order valence-electron chi connectivity index (χ0n) is 16.7. The highest BCUT2D eigenvalue weighted by atomic mass is 16.5. The molecule has 0 saturated carbocycles. The molecule has 0 aliphatic heterocycles. The number of carbonyl (C=O) groups excluding carboxylic acids is 2. The molecule has 3 rings (SSSR count).